The van der Waals surface area contributed by atoms with Crippen LogP contribution < -0.4 is 5.32 Å². The summed E-state index contributed by atoms with van der Waals surface area (Å²) in [5.41, 5.74) is 0. The molecule has 0 aliphatic carbocycles. The summed E-state index contributed by atoms with van der Waals surface area (Å²) in [6.07, 6.45) is 3.01. The number of hydrogen-bond donors (Lipinski definition) is 1. The van der Waals surface area contributed by atoms with Crippen molar-refractivity contribution in [2.75, 3.05) is 0 Å². The van der Waals surface area contributed by atoms with Crippen LogP contribution in [0.15, 0.2) is 4.42 Å². The maximum atomic E-state index is 5.62. The molecule has 0 radical (unpaired) electrons. The van der Waals surface area contributed by atoms with Gasteiger partial charge >= 0.3 is 0 Å². The maximum absolute atomic E-state index is 5.62. The molecular formula is C11H19N3O. The first-order valence-corrected chi connectivity index (χ1v) is 5.77. The third-order valence-electron chi connectivity index (χ3n) is 2.98. The Hall–Kier alpha value is -0.900. The molecule has 4 nitrogen and oxygen atoms in total. The highest BCUT2D eigenvalue weighted by Crippen LogP contribution is 2.29. The second-order valence-corrected chi connectivity index (χ2v) is 4.52. The van der Waals surface area contributed by atoms with Gasteiger partial charge in [0.25, 0.3) is 0 Å². The van der Waals surface area contributed by atoms with Crippen LogP contribution in [-0.2, 0) is 6.42 Å². The molecule has 15 heavy (non-hydrogen) atoms. The van der Waals surface area contributed by atoms with E-state index in [1.807, 2.05) is 6.92 Å². The molecular weight excluding hydrogens is 190 g/mol. The molecule has 1 aliphatic rings. The number of nitrogens with one attached hydrogen (secondary N) is 1. The quantitative estimate of drug-likeness (QED) is 0.808. The Morgan fingerprint density at radius 2 is 1.93 bits per heavy atom. The first kappa shape index (κ1) is 10.6. The van der Waals surface area contributed by atoms with Crippen molar-refractivity contribution < 1.29 is 4.42 Å². The molecule has 0 spiro atoms. The van der Waals surface area contributed by atoms with Gasteiger partial charge in [0, 0.05) is 24.4 Å². The van der Waals surface area contributed by atoms with Gasteiger partial charge in [-0.05, 0) is 26.7 Å². The lowest BCUT2D eigenvalue weighted by atomic mass is 9.89. The van der Waals surface area contributed by atoms with Crippen molar-refractivity contribution in [2.45, 2.75) is 58.0 Å². The standard InChI is InChI=1S/C11H19N3O/c1-4-10-13-14-11(15-10)9-5-7(2)12-8(3)6-9/h7-9,12H,4-6H2,1-3H3/t7-,8-/m1/s1. The minimum absolute atomic E-state index is 0.434. The highest BCUT2D eigenvalue weighted by atomic mass is 16.4. The number of aromatic nitrogens is 2. The van der Waals surface area contributed by atoms with E-state index in [9.17, 15) is 0 Å². The number of nitrogens with zero attached hydrogens (tertiary/aromatic N) is 2. The fraction of sp³-hybridized carbons (Fsp3) is 0.818. The minimum Gasteiger partial charge on any atom is -0.425 e. The SMILES string of the molecule is CCc1nnc(C2C[C@@H](C)N[C@H](C)C2)o1. The Morgan fingerprint density at radius 1 is 1.27 bits per heavy atom. The Labute approximate surface area is 90.5 Å². The van der Waals surface area contributed by atoms with E-state index in [1.165, 1.54) is 0 Å². The highest BCUT2D eigenvalue weighted by Gasteiger charge is 2.28. The third kappa shape index (κ3) is 2.37. The average molecular weight is 209 g/mol. The predicted molar refractivity (Wildman–Crippen MR) is 57.7 cm³/mol. The molecule has 84 valence electrons. The van der Waals surface area contributed by atoms with E-state index in [0.29, 0.717) is 18.0 Å². The summed E-state index contributed by atoms with van der Waals surface area (Å²) in [6, 6.07) is 1.08. The lowest BCUT2D eigenvalue weighted by Gasteiger charge is -2.30. The van der Waals surface area contributed by atoms with Crippen LogP contribution in [0.2, 0.25) is 0 Å². The molecule has 1 aromatic heterocycles. The smallest absolute Gasteiger partial charge is 0.219 e. The van der Waals surface area contributed by atoms with Crippen molar-refractivity contribution in [3.63, 3.8) is 0 Å². The number of piperidine rings is 1. The van der Waals surface area contributed by atoms with E-state index < -0.39 is 0 Å². The van der Waals surface area contributed by atoms with Crippen molar-refractivity contribution >= 4 is 0 Å². The molecule has 1 saturated heterocycles. The van der Waals surface area contributed by atoms with Gasteiger partial charge in [0.05, 0.1) is 0 Å². The van der Waals surface area contributed by atoms with Gasteiger partial charge < -0.3 is 9.73 Å². The van der Waals surface area contributed by atoms with Gasteiger partial charge in [-0.15, -0.1) is 10.2 Å². The first-order valence-electron chi connectivity index (χ1n) is 5.77. The highest BCUT2D eigenvalue weighted by molar-refractivity contribution is 4.97. The molecule has 2 rings (SSSR count). The molecule has 0 unspecified atom stereocenters. The molecule has 0 aromatic carbocycles. The molecule has 1 fully saturated rings. The summed E-state index contributed by atoms with van der Waals surface area (Å²) in [5.74, 6) is 2.01. The van der Waals surface area contributed by atoms with Crippen LogP contribution in [0, 0.1) is 0 Å². The molecule has 2 atom stereocenters. The second-order valence-electron chi connectivity index (χ2n) is 4.52. The van der Waals surface area contributed by atoms with E-state index in [4.69, 9.17) is 4.42 Å². The van der Waals surface area contributed by atoms with E-state index >= 15 is 0 Å². The van der Waals surface area contributed by atoms with Gasteiger partial charge in [0.15, 0.2) is 0 Å². The molecule has 1 aliphatic heterocycles. The largest absolute Gasteiger partial charge is 0.425 e. The first-order chi connectivity index (χ1) is 7.19. The van der Waals surface area contributed by atoms with Gasteiger partial charge in [-0.3, -0.25) is 0 Å². The summed E-state index contributed by atoms with van der Waals surface area (Å²) < 4.78 is 5.62. The summed E-state index contributed by atoms with van der Waals surface area (Å²) in [6.45, 7) is 6.45. The van der Waals surface area contributed by atoms with Crippen LogP contribution in [0.4, 0.5) is 0 Å². The topological polar surface area (TPSA) is 51.0 Å². The zero-order valence-corrected chi connectivity index (χ0v) is 9.66. The van der Waals surface area contributed by atoms with Gasteiger partial charge in [-0.2, -0.15) is 0 Å². The Kier molecular flexibility index (Phi) is 3.05. The molecule has 0 bridgehead atoms. The van der Waals surface area contributed by atoms with Crippen LogP contribution in [0.5, 0.6) is 0 Å². The Bertz CT molecular complexity index is 313. The van der Waals surface area contributed by atoms with Gasteiger partial charge in [-0.25, -0.2) is 0 Å². The third-order valence-corrected chi connectivity index (χ3v) is 2.98. The van der Waals surface area contributed by atoms with Crippen molar-refractivity contribution in [3.8, 4) is 0 Å². The molecule has 0 amide bonds. The van der Waals surface area contributed by atoms with Crippen LogP contribution >= 0.6 is 0 Å². The van der Waals surface area contributed by atoms with E-state index in [0.717, 1.165) is 31.0 Å². The van der Waals surface area contributed by atoms with E-state index in [2.05, 4.69) is 29.4 Å². The summed E-state index contributed by atoms with van der Waals surface area (Å²) in [4.78, 5) is 0. The molecule has 1 aromatic rings. The summed E-state index contributed by atoms with van der Waals surface area (Å²) in [7, 11) is 0. The lowest BCUT2D eigenvalue weighted by molar-refractivity contribution is 0.279. The van der Waals surface area contributed by atoms with E-state index in [-0.39, 0.29) is 0 Å². The van der Waals surface area contributed by atoms with Gasteiger partial charge in [-0.1, -0.05) is 6.92 Å². The normalized spacial score (nSPS) is 31.8. The monoisotopic (exact) mass is 209 g/mol. The van der Waals surface area contributed by atoms with Crippen LogP contribution in [0.1, 0.15) is 51.3 Å². The Balaban J connectivity index is 2.09. The molecule has 2 heterocycles. The Morgan fingerprint density at radius 3 is 2.47 bits per heavy atom. The van der Waals surface area contributed by atoms with Crippen molar-refractivity contribution in [1.82, 2.24) is 15.5 Å². The predicted octanol–water partition coefficient (Wildman–Crippen LogP) is 1.88. The fourth-order valence-electron chi connectivity index (χ4n) is 2.35. The number of hydrogen-bond acceptors (Lipinski definition) is 4. The van der Waals surface area contributed by atoms with Crippen molar-refractivity contribution in [1.29, 1.82) is 0 Å². The summed E-state index contributed by atoms with van der Waals surface area (Å²) in [5, 5.41) is 11.7. The fourth-order valence-corrected chi connectivity index (χ4v) is 2.35. The van der Waals surface area contributed by atoms with E-state index in [1.54, 1.807) is 0 Å². The number of aryl methyl sites for hydroxylation is 1. The molecule has 4 heteroatoms. The molecule has 0 saturated carbocycles. The summed E-state index contributed by atoms with van der Waals surface area (Å²) >= 11 is 0. The van der Waals surface area contributed by atoms with Crippen LogP contribution in [-0.4, -0.2) is 22.3 Å². The zero-order chi connectivity index (χ0) is 10.8. The van der Waals surface area contributed by atoms with Gasteiger partial charge in [0.1, 0.15) is 0 Å². The molecule has 1 N–H and O–H groups in total. The van der Waals surface area contributed by atoms with Crippen LogP contribution in [0.25, 0.3) is 0 Å². The van der Waals surface area contributed by atoms with Crippen molar-refractivity contribution in [3.05, 3.63) is 11.8 Å². The second kappa shape index (κ2) is 4.31. The lowest BCUT2D eigenvalue weighted by Crippen LogP contribution is -2.41. The number of rotatable bonds is 2. The zero-order valence-electron chi connectivity index (χ0n) is 9.66. The van der Waals surface area contributed by atoms with Crippen molar-refractivity contribution in [2.24, 2.45) is 0 Å². The average Bonchev–Trinajstić information content (AvgIpc) is 2.64. The van der Waals surface area contributed by atoms with Gasteiger partial charge in [0.2, 0.25) is 11.8 Å². The maximum Gasteiger partial charge on any atom is 0.219 e. The van der Waals surface area contributed by atoms with Crippen LogP contribution in [0.3, 0.4) is 0 Å². The minimum atomic E-state index is 0.434.